The first-order valence-corrected chi connectivity index (χ1v) is 9.31. The van der Waals surface area contributed by atoms with Crippen molar-refractivity contribution in [2.45, 2.75) is 13.3 Å². The van der Waals surface area contributed by atoms with Crippen LogP contribution in [0.2, 0.25) is 0 Å². The second-order valence-electron chi connectivity index (χ2n) is 4.39. The van der Waals surface area contributed by atoms with Crippen LogP contribution in [0, 0.1) is 11.3 Å². The highest BCUT2D eigenvalue weighted by molar-refractivity contribution is 8.13. The van der Waals surface area contributed by atoms with Crippen molar-refractivity contribution in [2.24, 2.45) is 0 Å². The molecule has 3 nitrogen and oxygen atoms in total. The Morgan fingerprint density at radius 1 is 1.10 bits per heavy atom. The number of nitrogens with zero attached hydrogens (tertiary/aromatic N) is 1. The van der Waals surface area contributed by atoms with Gasteiger partial charge in [-0.3, -0.25) is 0 Å². The fourth-order valence-corrected chi connectivity index (χ4v) is 4.22. The predicted octanol–water partition coefficient (Wildman–Crippen LogP) is 4.00. The molecule has 0 amide bonds. The van der Waals surface area contributed by atoms with Crippen LogP contribution in [-0.2, 0) is 16.3 Å². The number of hydrogen-bond acceptors (Lipinski definition) is 4. The summed E-state index contributed by atoms with van der Waals surface area (Å²) in [5.41, 5.74) is 0.588. The summed E-state index contributed by atoms with van der Waals surface area (Å²) in [5, 5.41) is 9.71. The molecule has 0 spiro atoms. The highest BCUT2D eigenvalue weighted by Crippen LogP contribution is 2.47. The second kappa shape index (κ2) is 7.38. The maximum atomic E-state index is 8.83. The second-order valence-corrected chi connectivity index (χ2v) is 7.79. The van der Waals surface area contributed by atoms with Gasteiger partial charge in [0.05, 0.1) is 18.2 Å². The molecule has 0 aliphatic heterocycles. The van der Waals surface area contributed by atoms with Crippen LogP contribution in [0.1, 0.15) is 18.9 Å². The van der Waals surface area contributed by atoms with Gasteiger partial charge >= 0.3 is 0 Å². The van der Waals surface area contributed by atoms with Crippen LogP contribution in [0.3, 0.4) is 0 Å². The molecule has 0 aromatic heterocycles. The van der Waals surface area contributed by atoms with Crippen molar-refractivity contribution in [3.8, 4) is 11.8 Å². The molecule has 1 atom stereocenters. The van der Waals surface area contributed by atoms with E-state index in [2.05, 4.69) is 6.07 Å². The summed E-state index contributed by atoms with van der Waals surface area (Å²) < 4.78 is 11.8. The minimum absolute atomic E-state index is 0.558. The van der Waals surface area contributed by atoms with Gasteiger partial charge in [-0.2, -0.15) is 5.26 Å². The molecule has 2 aromatic rings. The van der Waals surface area contributed by atoms with Gasteiger partial charge in [0.25, 0.3) is 6.49 Å². The van der Waals surface area contributed by atoms with E-state index < -0.39 is 6.49 Å². The normalized spacial score (nSPS) is 13.1. The first-order valence-electron chi connectivity index (χ1n) is 6.68. The number of rotatable bonds is 6. The molecule has 2 rings (SSSR count). The maximum Gasteiger partial charge on any atom is 0.269 e. The quantitative estimate of drug-likeness (QED) is 0.755. The lowest BCUT2D eigenvalue weighted by Gasteiger charge is -2.23. The Balaban J connectivity index is 2.28. The van der Waals surface area contributed by atoms with Crippen molar-refractivity contribution in [1.82, 2.24) is 0 Å². The zero-order valence-corrected chi connectivity index (χ0v) is 13.4. The molecule has 5 heteroatoms. The van der Waals surface area contributed by atoms with Crippen LogP contribution < -0.4 is 9.83 Å². The first kappa shape index (κ1) is 15.7. The average molecular weight is 317 g/mol. The summed E-state index contributed by atoms with van der Waals surface area (Å²) in [6.45, 7) is 0.00881. The molecule has 2 aromatic carbocycles. The molecule has 0 saturated heterocycles. The summed E-state index contributed by atoms with van der Waals surface area (Å²) >= 11 is 5.68. The Hall–Kier alpha value is -1.66. The molecule has 0 heterocycles. The molecule has 1 unspecified atom stereocenters. The summed E-state index contributed by atoms with van der Waals surface area (Å²) in [7, 11) is 0. The van der Waals surface area contributed by atoms with Crippen molar-refractivity contribution in [3.63, 3.8) is 0 Å². The van der Waals surface area contributed by atoms with Gasteiger partial charge in [-0.25, -0.2) is 0 Å². The van der Waals surface area contributed by atoms with Gasteiger partial charge in [0, 0.05) is 5.30 Å². The van der Waals surface area contributed by atoms with Gasteiger partial charge in [0.2, 0.25) is 0 Å². The zero-order valence-electron chi connectivity index (χ0n) is 11.7. The van der Waals surface area contributed by atoms with Gasteiger partial charge < -0.3 is 9.05 Å². The molecule has 0 fully saturated rings. The van der Waals surface area contributed by atoms with Crippen LogP contribution in [0.4, 0.5) is 0 Å². The molecular weight excluding hydrogens is 301 g/mol. The highest BCUT2D eigenvalue weighted by Gasteiger charge is 2.23. The van der Waals surface area contributed by atoms with Crippen molar-refractivity contribution in [1.29, 1.82) is 5.26 Å². The molecular formula is C16H16NO2PS. The van der Waals surface area contributed by atoms with E-state index in [1.807, 2.05) is 37.3 Å². The smallest absolute Gasteiger partial charge is 0.269 e. The average Bonchev–Trinajstić information content (AvgIpc) is 2.54. The molecule has 0 aliphatic carbocycles. The minimum Gasteiger partial charge on any atom is -0.440 e. The van der Waals surface area contributed by atoms with Crippen LogP contribution in [0.15, 0.2) is 54.6 Å². The van der Waals surface area contributed by atoms with Gasteiger partial charge in [-0.15, -0.1) is 0 Å². The SMILES string of the molecule is CCCOP(=S)(Oc1ccc(C#N)cc1)c1ccccc1. The highest BCUT2D eigenvalue weighted by atomic mass is 32.5. The minimum atomic E-state index is -2.58. The fraction of sp³-hybridized carbons (Fsp3) is 0.188. The van der Waals surface area contributed by atoms with E-state index in [-0.39, 0.29) is 0 Å². The Morgan fingerprint density at radius 2 is 1.76 bits per heavy atom. The van der Waals surface area contributed by atoms with E-state index in [9.17, 15) is 0 Å². The third kappa shape index (κ3) is 4.15. The van der Waals surface area contributed by atoms with E-state index in [1.54, 1.807) is 24.3 Å². The third-order valence-electron chi connectivity index (χ3n) is 2.75. The van der Waals surface area contributed by atoms with Gasteiger partial charge in [0.15, 0.2) is 0 Å². The maximum absolute atomic E-state index is 8.83. The summed E-state index contributed by atoms with van der Waals surface area (Å²) in [5.74, 6) is 0.622. The Kier molecular flexibility index (Phi) is 5.52. The molecule has 21 heavy (non-hydrogen) atoms. The molecule has 0 radical (unpaired) electrons. The van der Waals surface area contributed by atoms with E-state index in [4.69, 9.17) is 26.1 Å². The molecule has 0 N–H and O–H groups in total. The summed E-state index contributed by atoms with van der Waals surface area (Å²) in [6.07, 6.45) is 0.877. The number of benzene rings is 2. The van der Waals surface area contributed by atoms with Crippen molar-refractivity contribution in [2.75, 3.05) is 6.61 Å². The lowest BCUT2D eigenvalue weighted by atomic mass is 10.2. The molecule has 108 valence electrons. The van der Waals surface area contributed by atoms with E-state index in [1.165, 1.54) is 0 Å². The van der Waals surface area contributed by atoms with Gasteiger partial charge in [-0.1, -0.05) is 25.1 Å². The monoisotopic (exact) mass is 317 g/mol. The first-order chi connectivity index (χ1) is 10.2. The predicted molar refractivity (Wildman–Crippen MR) is 88.4 cm³/mol. The summed E-state index contributed by atoms with van der Waals surface area (Å²) in [4.78, 5) is 0. The standard InChI is InChI=1S/C16H16NO2PS/c1-2-12-18-20(21,16-6-4-3-5-7-16)19-15-10-8-14(13-17)9-11-15/h3-11H,2,12H2,1H3. The Morgan fingerprint density at radius 3 is 2.33 bits per heavy atom. The molecule has 0 aliphatic rings. The largest absolute Gasteiger partial charge is 0.440 e. The van der Waals surface area contributed by atoms with Crippen molar-refractivity contribution < 1.29 is 9.05 Å². The van der Waals surface area contributed by atoms with Crippen molar-refractivity contribution >= 4 is 23.6 Å². The summed E-state index contributed by atoms with van der Waals surface area (Å²) in [6, 6.07) is 18.6. The molecule has 0 saturated carbocycles. The van der Waals surface area contributed by atoms with E-state index >= 15 is 0 Å². The Labute approximate surface area is 130 Å². The van der Waals surface area contributed by atoms with Gasteiger partial charge in [-0.05, 0) is 54.6 Å². The van der Waals surface area contributed by atoms with Gasteiger partial charge in [0.1, 0.15) is 5.75 Å². The fourth-order valence-electron chi connectivity index (χ4n) is 1.70. The lowest BCUT2D eigenvalue weighted by Crippen LogP contribution is -2.12. The van der Waals surface area contributed by atoms with E-state index in [0.717, 1.165) is 11.7 Å². The van der Waals surface area contributed by atoms with Crippen LogP contribution >= 0.6 is 6.49 Å². The van der Waals surface area contributed by atoms with Crippen LogP contribution in [0.25, 0.3) is 0 Å². The van der Waals surface area contributed by atoms with E-state index in [0.29, 0.717) is 17.9 Å². The van der Waals surface area contributed by atoms with Crippen LogP contribution in [0.5, 0.6) is 5.75 Å². The number of hydrogen-bond donors (Lipinski definition) is 0. The molecule has 0 bridgehead atoms. The Bertz CT molecular complexity index is 665. The van der Waals surface area contributed by atoms with Crippen LogP contribution in [-0.4, -0.2) is 6.61 Å². The van der Waals surface area contributed by atoms with Crippen molar-refractivity contribution in [3.05, 3.63) is 60.2 Å². The number of nitriles is 1. The lowest BCUT2D eigenvalue weighted by molar-refractivity contribution is 0.318. The third-order valence-corrected chi connectivity index (χ3v) is 5.82. The zero-order chi connectivity index (χ0) is 15.1. The topological polar surface area (TPSA) is 42.2 Å².